The first-order valence-electron chi connectivity index (χ1n) is 11.5. The average molecular weight is 466 g/mol. The molecule has 0 saturated carbocycles. The highest BCUT2D eigenvalue weighted by Crippen LogP contribution is 2.20. The van der Waals surface area contributed by atoms with Crippen molar-refractivity contribution >= 4 is 11.6 Å². The molecule has 8 nitrogen and oxygen atoms in total. The largest absolute Gasteiger partial charge is 0.494 e. The number of nitrogens with one attached hydrogen (secondary N) is 1. The first kappa shape index (κ1) is 23.4. The first-order chi connectivity index (χ1) is 16.5. The van der Waals surface area contributed by atoms with E-state index in [0.29, 0.717) is 49.9 Å². The maximum Gasteiger partial charge on any atom is 0.273 e. The van der Waals surface area contributed by atoms with E-state index in [1.165, 1.54) is 12.1 Å². The Kier molecular flexibility index (Phi) is 7.51. The number of anilines is 1. The van der Waals surface area contributed by atoms with Crippen LogP contribution in [-0.4, -0.2) is 58.8 Å². The molecule has 1 saturated heterocycles. The molecule has 0 bridgehead atoms. The number of hydrogen-bond acceptors (Lipinski definition) is 6. The molecule has 1 amide bonds. The molecule has 9 heteroatoms. The molecule has 0 radical (unpaired) electrons. The highest BCUT2D eigenvalue weighted by atomic mass is 19.1. The summed E-state index contributed by atoms with van der Waals surface area (Å²) in [5.74, 6) is 0.776. The molecule has 34 heavy (non-hydrogen) atoms. The van der Waals surface area contributed by atoms with E-state index in [0.717, 1.165) is 12.1 Å². The number of hydrogen-bond donors (Lipinski definition) is 1. The van der Waals surface area contributed by atoms with E-state index >= 15 is 0 Å². The molecule has 1 aliphatic rings. The summed E-state index contributed by atoms with van der Waals surface area (Å²) >= 11 is 0. The predicted molar refractivity (Wildman–Crippen MR) is 127 cm³/mol. The van der Waals surface area contributed by atoms with Crippen molar-refractivity contribution in [3.05, 3.63) is 70.4 Å². The Labute approximate surface area is 197 Å². The second kappa shape index (κ2) is 10.9. The van der Waals surface area contributed by atoms with Crippen molar-refractivity contribution in [1.82, 2.24) is 20.1 Å². The van der Waals surface area contributed by atoms with Gasteiger partial charge in [-0.2, -0.15) is 0 Å². The van der Waals surface area contributed by atoms with E-state index < -0.39 is 0 Å². The highest BCUT2D eigenvalue weighted by molar-refractivity contribution is 5.76. The van der Waals surface area contributed by atoms with Gasteiger partial charge in [0.15, 0.2) is 5.82 Å². The van der Waals surface area contributed by atoms with Gasteiger partial charge in [0.05, 0.1) is 6.61 Å². The molecule has 1 aromatic heterocycles. The molecule has 3 aromatic rings. The van der Waals surface area contributed by atoms with Gasteiger partial charge in [-0.05, 0) is 42.8 Å². The standard InChI is InChI=1S/C25H28FN5O3/c1-2-16-34-21-5-3-4-18(17-21)24-27-25(33)22(28-29-24)10-11-23(32)31-14-12-30(13-15-31)20-8-6-19(26)7-9-20/h3-9,17H,2,10-16H2,1H3,(H,27,29,33). The average Bonchev–Trinajstić information content (AvgIpc) is 2.87. The second-order valence-corrected chi connectivity index (χ2v) is 8.17. The summed E-state index contributed by atoms with van der Waals surface area (Å²) in [4.78, 5) is 31.9. The summed E-state index contributed by atoms with van der Waals surface area (Å²) in [7, 11) is 0. The number of piperazine rings is 1. The molecule has 1 aliphatic heterocycles. The zero-order chi connectivity index (χ0) is 23.9. The third-order valence-electron chi connectivity index (χ3n) is 5.74. The zero-order valence-electron chi connectivity index (χ0n) is 19.2. The van der Waals surface area contributed by atoms with Crippen LogP contribution in [0.1, 0.15) is 25.5 Å². The Hall–Kier alpha value is -3.75. The number of carbonyl (C=O) groups excluding carboxylic acids is 1. The van der Waals surface area contributed by atoms with Crippen LogP contribution < -0.4 is 15.2 Å². The fourth-order valence-electron chi connectivity index (χ4n) is 3.86. The summed E-state index contributed by atoms with van der Waals surface area (Å²) in [5.41, 5.74) is 1.54. The number of rotatable bonds is 8. The quantitative estimate of drug-likeness (QED) is 0.550. The topological polar surface area (TPSA) is 91.4 Å². The predicted octanol–water partition coefficient (Wildman–Crippen LogP) is 3.04. The van der Waals surface area contributed by atoms with Gasteiger partial charge in [-0.1, -0.05) is 19.1 Å². The van der Waals surface area contributed by atoms with Crippen LogP contribution in [0.15, 0.2) is 53.3 Å². The number of aryl methyl sites for hydroxylation is 1. The minimum atomic E-state index is -0.348. The number of ether oxygens (including phenoxy) is 1. The fourth-order valence-corrected chi connectivity index (χ4v) is 3.86. The summed E-state index contributed by atoms with van der Waals surface area (Å²) in [6.07, 6.45) is 1.31. The maximum atomic E-state index is 13.1. The Morgan fingerprint density at radius 3 is 2.56 bits per heavy atom. The summed E-state index contributed by atoms with van der Waals surface area (Å²) in [5, 5.41) is 8.23. The first-order valence-corrected chi connectivity index (χ1v) is 11.5. The van der Waals surface area contributed by atoms with E-state index in [9.17, 15) is 14.0 Å². The van der Waals surface area contributed by atoms with E-state index in [1.807, 2.05) is 31.2 Å². The molecular formula is C25H28FN5O3. The second-order valence-electron chi connectivity index (χ2n) is 8.17. The monoisotopic (exact) mass is 465 g/mol. The smallest absolute Gasteiger partial charge is 0.273 e. The molecule has 4 rings (SSSR count). The molecule has 1 N–H and O–H groups in total. The third kappa shape index (κ3) is 5.78. The van der Waals surface area contributed by atoms with Crippen molar-refractivity contribution in [2.75, 3.05) is 37.7 Å². The summed E-state index contributed by atoms with van der Waals surface area (Å²) in [6.45, 7) is 5.15. The number of aromatic nitrogens is 3. The van der Waals surface area contributed by atoms with Crippen LogP contribution in [-0.2, 0) is 11.2 Å². The van der Waals surface area contributed by atoms with E-state index in [2.05, 4.69) is 20.1 Å². The van der Waals surface area contributed by atoms with Gasteiger partial charge in [0.2, 0.25) is 5.91 Å². The molecule has 0 atom stereocenters. The lowest BCUT2D eigenvalue weighted by Crippen LogP contribution is -2.48. The van der Waals surface area contributed by atoms with Crippen LogP contribution in [0.4, 0.5) is 10.1 Å². The van der Waals surface area contributed by atoms with Gasteiger partial charge in [0, 0.05) is 50.3 Å². The zero-order valence-corrected chi connectivity index (χ0v) is 19.2. The number of carbonyl (C=O) groups is 1. The van der Waals surface area contributed by atoms with Gasteiger partial charge in [0.25, 0.3) is 5.56 Å². The van der Waals surface area contributed by atoms with Gasteiger partial charge >= 0.3 is 0 Å². The number of benzene rings is 2. The van der Waals surface area contributed by atoms with Crippen LogP contribution in [0.2, 0.25) is 0 Å². The van der Waals surface area contributed by atoms with Gasteiger partial charge in [0.1, 0.15) is 17.3 Å². The Morgan fingerprint density at radius 1 is 1.09 bits per heavy atom. The third-order valence-corrected chi connectivity index (χ3v) is 5.74. The normalized spacial score (nSPS) is 13.7. The van der Waals surface area contributed by atoms with Crippen molar-refractivity contribution in [3.8, 4) is 17.1 Å². The lowest BCUT2D eigenvalue weighted by Gasteiger charge is -2.36. The number of aromatic amines is 1. The van der Waals surface area contributed by atoms with Gasteiger partial charge in [-0.3, -0.25) is 9.59 Å². The molecule has 2 aromatic carbocycles. The molecule has 0 aliphatic carbocycles. The number of halogens is 1. The Bertz CT molecular complexity index is 1170. The van der Waals surface area contributed by atoms with Crippen molar-refractivity contribution in [1.29, 1.82) is 0 Å². The highest BCUT2D eigenvalue weighted by Gasteiger charge is 2.21. The van der Waals surface area contributed by atoms with Crippen molar-refractivity contribution in [2.45, 2.75) is 26.2 Å². The van der Waals surface area contributed by atoms with Crippen molar-refractivity contribution in [3.63, 3.8) is 0 Å². The van der Waals surface area contributed by atoms with Crippen LogP contribution in [0.5, 0.6) is 5.75 Å². The van der Waals surface area contributed by atoms with Crippen molar-refractivity contribution in [2.24, 2.45) is 0 Å². The molecule has 0 unspecified atom stereocenters. The van der Waals surface area contributed by atoms with Crippen molar-refractivity contribution < 1.29 is 13.9 Å². The molecular weight excluding hydrogens is 437 g/mol. The molecule has 0 spiro atoms. The molecule has 1 fully saturated rings. The van der Waals surface area contributed by atoms with Gasteiger partial charge < -0.3 is 19.5 Å². The lowest BCUT2D eigenvalue weighted by molar-refractivity contribution is -0.131. The minimum Gasteiger partial charge on any atom is -0.494 e. The number of amides is 1. The maximum absolute atomic E-state index is 13.1. The van der Waals surface area contributed by atoms with E-state index in [1.54, 1.807) is 17.0 Å². The van der Waals surface area contributed by atoms with Crippen LogP contribution >= 0.6 is 0 Å². The van der Waals surface area contributed by atoms with Gasteiger partial charge in [-0.25, -0.2) is 4.39 Å². The van der Waals surface area contributed by atoms with E-state index in [4.69, 9.17) is 4.74 Å². The summed E-state index contributed by atoms with van der Waals surface area (Å²) in [6, 6.07) is 13.7. The minimum absolute atomic E-state index is 0.0233. The SMILES string of the molecule is CCCOc1cccc(-c2nnc(CCC(=O)N3CCN(c4ccc(F)cc4)CC3)c(=O)[nH]2)c1. The number of H-pyrrole nitrogens is 1. The fraction of sp³-hybridized carbons (Fsp3) is 0.360. The summed E-state index contributed by atoms with van der Waals surface area (Å²) < 4.78 is 18.8. The Morgan fingerprint density at radius 2 is 1.85 bits per heavy atom. The molecule has 178 valence electrons. The van der Waals surface area contributed by atoms with Crippen LogP contribution in [0.3, 0.4) is 0 Å². The molecule has 2 heterocycles. The Balaban J connectivity index is 1.31. The van der Waals surface area contributed by atoms with E-state index in [-0.39, 0.29) is 35.8 Å². The van der Waals surface area contributed by atoms with Crippen LogP contribution in [0, 0.1) is 5.82 Å². The van der Waals surface area contributed by atoms with Gasteiger partial charge in [-0.15, -0.1) is 10.2 Å². The van der Waals surface area contributed by atoms with Crippen LogP contribution in [0.25, 0.3) is 11.4 Å². The lowest BCUT2D eigenvalue weighted by atomic mass is 10.2. The number of nitrogens with zero attached hydrogens (tertiary/aromatic N) is 4.